The summed E-state index contributed by atoms with van der Waals surface area (Å²) in [6.45, 7) is 0. The van der Waals surface area contributed by atoms with Crippen LogP contribution in [0, 0.1) is 10.1 Å². The van der Waals surface area contributed by atoms with Crippen LogP contribution >= 0.6 is 34.8 Å². The van der Waals surface area contributed by atoms with E-state index in [1.165, 1.54) is 18.3 Å². The molecule has 0 aliphatic heterocycles. The second kappa shape index (κ2) is 6.48. The Morgan fingerprint density at radius 3 is 2.55 bits per heavy atom. The average Bonchev–Trinajstić information content (AvgIpc) is 2.45. The van der Waals surface area contributed by atoms with E-state index in [0.29, 0.717) is 11.1 Å². The van der Waals surface area contributed by atoms with Crippen LogP contribution in [0.15, 0.2) is 24.4 Å². The fourth-order valence-electron chi connectivity index (χ4n) is 1.82. The number of nitro groups is 1. The van der Waals surface area contributed by atoms with Crippen molar-refractivity contribution in [1.82, 2.24) is 4.98 Å². The van der Waals surface area contributed by atoms with Gasteiger partial charge in [0.25, 0.3) is 5.69 Å². The Morgan fingerprint density at radius 2 is 1.95 bits per heavy atom. The molecule has 1 aromatic carbocycles. The lowest BCUT2D eigenvalue weighted by Crippen LogP contribution is -2.06. The van der Waals surface area contributed by atoms with Crippen molar-refractivity contribution in [1.29, 1.82) is 0 Å². The molecule has 114 valence electrons. The zero-order chi connectivity index (χ0) is 16.4. The normalized spacial score (nSPS) is 10.5. The van der Waals surface area contributed by atoms with Gasteiger partial charge in [-0.25, -0.2) is 0 Å². The Hall–Kier alpha value is -1.89. The van der Waals surface area contributed by atoms with Gasteiger partial charge in [0.05, 0.1) is 26.4 Å². The fraction of sp³-hybridized carbons (Fsp3) is 0.0769. The molecule has 0 saturated carbocycles. The minimum Gasteiger partial charge on any atom is -0.481 e. The number of rotatable bonds is 4. The number of halogens is 3. The Morgan fingerprint density at radius 1 is 1.27 bits per heavy atom. The van der Waals surface area contributed by atoms with E-state index in [1.807, 2.05) is 0 Å². The first kappa shape index (κ1) is 16.5. The van der Waals surface area contributed by atoms with Crippen molar-refractivity contribution in [2.75, 3.05) is 0 Å². The van der Waals surface area contributed by atoms with E-state index in [9.17, 15) is 14.9 Å². The average molecular weight is 362 g/mol. The Kier molecular flexibility index (Phi) is 4.85. The standard InChI is InChI=1S/C13H7Cl3N2O4/c14-8-2-1-7(12(15)13(8)16)6-3-10(18(21)22)9(17-5-6)4-11(19)20/h1-3,5H,4H2,(H,19,20). The summed E-state index contributed by atoms with van der Waals surface area (Å²) in [5.41, 5.74) is 0.206. The van der Waals surface area contributed by atoms with Crippen LogP contribution in [-0.4, -0.2) is 21.0 Å². The highest BCUT2D eigenvalue weighted by Crippen LogP contribution is 2.38. The van der Waals surface area contributed by atoms with Gasteiger partial charge in [0.15, 0.2) is 0 Å². The van der Waals surface area contributed by atoms with Crippen LogP contribution in [0.5, 0.6) is 0 Å². The lowest BCUT2D eigenvalue weighted by molar-refractivity contribution is -0.385. The van der Waals surface area contributed by atoms with Gasteiger partial charge < -0.3 is 5.11 Å². The molecule has 0 amide bonds. The SMILES string of the molecule is O=C(O)Cc1ncc(-c2ccc(Cl)c(Cl)c2Cl)cc1[N+](=O)[O-]. The zero-order valence-electron chi connectivity index (χ0n) is 10.7. The van der Waals surface area contributed by atoms with Gasteiger partial charge in [0, 0.05) is 23.4 Å². The van der Waals surface area contributed by atoms with Crippen LogP contribution < -0.4 is 0 Å². The van der Waals surface area contributed by atoms with Crippen LogP contribution in [0.2, 0.25) is 15.1 Å². The number of hydrogen-bond donors (Lipinski definition) is 1. The van der Waals surface area contributed by atoms with Crippen LogP contribution in [0.3, 0.4) is 0 Å². The molecule has 0 radical (unpaired) electrons. The first-order valence-corrected chi connectivity index (χ1v) is 6.93. The maximum Gasteiger partial charge on any atom is 0.309 e. The molecule has 0 saturated heterocycles. The lowest BCUT2D eigenvalue weighted by atomic mass is 10.1. The molecule has 2 rings (SSSR count). The monoisotopic (exact) mass is 360 g/mol. The van der Waals surface area contributed by atoms with E-state index in [2.05, 4.69) is 4.98 Å². The zero-order valence-corrected chi connectivity index (χ0v) is 13.0. The number of carboxylic acids is 1. The van der Waals surface area contributed by atoms with Gasteiger partial charge in [-0.3, -0.25) is 19.9 Å². The number of benzene rings is 1. The third-order valence-electron chi connectivity index (χ3n) is 2.81. The van der Waals surface area contributed by atoms with Crippen molar-refractivity contribution in [3.63, 3.8) is 0 Å². The van der Waals surface area contributed by atoms with E-state index < -0.39 is 23.0 Å². The van der Waals surface area contributed by atoms with Gasteiger partial charge in [-0.15, -0.1) is 0 Å². The second-order valence-electron chi connectivity index (χ2n) is 4.24. The van der Waals surface area contributed by atoms with Crippen molar-refractivity contribution in [2.45, 2.75) is 6.42 Å². The summed E-state index contributed by atoms with van der Waals surface area (Å²) < 4.78 is 0. The number of aliphatic carboxylic acids is 1. The summed E-state index contributed by atoms with van der Waals surface area (Å²) in [5, 5.41) is 20.3. The Labute approximate surface area is 139 Å². The van der Waals surface area contributed by atoms with Gasteiger partial charge in [0.2, 0.25) is 0 Å². The minimum absolute atomic E-state index is 0.123. The molecule has 9 heteroatoms. The summed E-state index contributed by atoms with van der Waals surface area (Å²) in [5.74, 6) is -1.21. The first-order valence-electron chi connectivity index (χ1n) is 5.80. The Balaban J connectivity index is 2.59. The molecule has 6 nitrogen and oxygen atoms in total. The maximum atomic E-state index is 11.1. The number of aromatic nitrogens is 1. The summed E-state index contributed by atoms with van der Waals surface area (Å²) in [4.78, 5) is 25.0. The van der Waals surface area contributed by atoms with Crippen molar-refractivity contribution < 1.29 is 14.8 Å². The summed E-state index contributed by atoms with van der Waals surface area (Å²) in [7, 11) is 0. The van der Waals surface area contributed by atoms with E-state index >= 15 is 0 Å². The molecule has 0 bridgehead atoms. The molecule has 22 heavy (non-hydrogen) atoms. The largest absolute Gasteiger partial charge is 0.481 e. The molecule has 0 spiro atoms. The molecule has 0 unspecified atom stereocenters. The molecule has 2 aromatic rings. The molecular formula is C13H7Cl3N2O4. The molecule has 1 heterocycles. The van der Waals surface area contributed by atoms with E-state index in [4.69, 9.17) is 39.9 Å². The number of carboxylic acid groups (broad SMARTS) is 1. The molecule has 1 aromatic heterocycles. The molecule has 1 N–H and O–H groups in total. The van der Waals surface area contributed by atoms with Crippen molar-refractivity contribution in [3.8, 4) is 11.1 Å². The number of pyridine rings is 1. The molecule has 0 fully saturated rings. The highest BCUT2D eigenvalue weighted by molar-refractivity contribution is 6.49. The summed E-state index contributed by atoms with van der Waals surface area (Å²) in [6, 6.07) is 4.26. The molecule has 0 aliphatic carbocycles. The molecule has 0 aliphatic rings. The van der Waals surface area contributed by atoms with Crippen LogP contribution in [-0.2, 0) is 11.2 Å². The predicted octanol–water partition coefficient (Wildman–Crippen LogP) is 4.24. The van der Waals surface area contributed by atoms with E-state index in [0.717, 1.165) is 0 Å². The molecular weight excluding hydrogens is 355 g/mol. The minimum atomic E-state index is -1.21. The highest BCUT2D eigenvalue weighted by atomic mass is 35.5. The first-order chi connectivity index (χ1) is 10.3. The van der Waals surface area contributed by atoms with Gasteiger partial charge >= 0.3 is 5.97 Å². The summed E-state index contributed by atoms with van der Waals surface area (Å²) in [6.07, 6.45) is 0.752. The van der Waals surface area contributed by atoms with E-state index in [-0.39, 0.29) is 20.8 Å². The molecule has 0 atom stereocenters. The fourth-order valence-corrected chi connectivity index (χ4v) is 2.46. The van der Waals surface area contributed by atoms with Gasteiger partial charge in [-0.1, -0.05) is 40.9 Å². The quantitative estimate of drug-likeness (QED) is 0.499. The summed E-state index contributed by atoms with van der Waals surface area (Å²) >= 11 is 17.9. The van der Waals surface area contributed by atoms with Crippen molar-refractivity contribution >= 4 is 46.5 Å². The highest BCUT2D eigenvalue weighted by Gasteiger charge is 2.20. The van der Waals surface area contributed by atoms with E-state index in [1.54, 1.807) is 6.07 Å². The maximum absolute atomic E-state index is 11.1. The van der Waals surface area contributed by atoms with Crippen LogP contribution in [0.1, 0.15) is 5.69 Å². The number of hydrogen-bond acceptors (Lipinski definition) is 4. The second-order valence-corrected chi connectivity index (χ2v) is 5.40. The predicted molar refractivity (Wildman–Crippen MR) is 82.7 cm³/mol. The number of carbonyl (C=O) groups is 1. The van der Waals surface area contributed by atoms with Crippen molar-refractivity contribution in [3.05, 3.63) is 55.3 Å². The van der Waals surface area contributed by atoms with Gasteiger partial charge in [0.1, 0.15) is 5.69 Å². The smallest absolute Gasteiger partial charge is 0.309 e. The third kappa shape index (κ3) is 3.30. The lowest BCUT2D eigenvalue weighted by Gasteiger charge is -2.08. The van der Waals surface area contributed by atoms with Gasteiger partial charge in [-0.05, 0) is 6.07 Å². The third-order valence-corrected chi connectivity index (χ3v) is 4.10. The van der Waals surface area contributed by atoms with Crippen LogP contribution in [0.25, 0.3) is 11.1 Å². The Bertz CT molecular complexity index is 780. The van der Waals surface area contributed by atoms with Crippen molar-refractivity contribution in [2.24, 2.45) is 0 Å². The van der Waals surface area contributed by atoms with Crippen LogP contribution in [0.4, 0.5) is 5.69 Å². The number of nitrogens with zero attached hydrogens (tertiary/aromatic N) is 2. The topological polar surface area (TPSA) is 93.3 Å². The van der Waals surface area contributed by atoms with Gasteiger partial charge in [-0.2, -0.15) is 0 Å².